The first-order chi connectivity index (χ1) is 6.59. The van der Waals surface area contributed by atoms with Crippen molar-refractivity contribution in [3.8, 4) is 0 Å². The Kier molecular flexibility index (Phi) is 3.80. The lowest BCUT2D eigenvalue weighted by molar-refractivity contribution is -0.131. The van der Waals surface area contributed by atoms with Gasteiger partial charge in [-0.1, -0.05) is 23.2 Å². The van der Waals surface area contributed by atoms with Gasteiger partial charge in [-0.25, -0.2) is 4.79 Å². The quantitative estimate of drug-likeness (QED) is 0.787. The van der Waals surface area contributed by atoms with Crippen LogP contribution in [0.3, 0.4) is 0 Å². The Morgan fingerprint density at radius 1 is 1.43 bits per heavy atom. The highest BCUT2D eigenvalue weighted by Gasteiger charge is 1.98. The van der Waals surface area contributed by atoms with Crippen LogP contribution in [0.15, 0.2) is 30.5 Å². The Bertz CT molecular complexity index is 377. The maximum Gasteiger partial charge on any atom is 0.329 e. The molecule has 1 aromatic carbocycles. The number of hydrogen-bond donors (Lipinski definition) is 2. The van der Waals surface area contributed by atoms with Gasteiger partial charge in [-0.15, -0.1) is 0 Å². The van der Waals surface area contributed by atoms with Gasteiger partial charge in [0.2, 0.25) is 0 Å². The van der Waals surface area contributed by atoms with E-state index >= 15 is 0 Å². The van der Waals surface area contributed by atoms with Gasteiger partial charge in [0, 0.05) is 17.3 Å². The second-order valence-electron chi connectivity index (χ2n) is 2.44. The van der Waals surface area contributed by atoms with E-state index in [1.807, 2.05) is 0 Å². The number of hydrogen-bond acceptors (Lipinski definition) is 2. The molecule has 0 saturated carbocycles. The molecule has 74 valence electrons. The number of carboxylic acids is 1. The molecule has 0 aromatic heterocycles. The third kappa shape index (κ3) is 3.28. The van der Waals surface area contributed by atoms with Crippen LogP contribution in [0.4, 0.5) is 5.69 Å². The molecule has 2 N–H and O–H groups in total. The highest BCUT2D eigenvalue weighted by Crippen LogP contribution is 2.25. The molecule has 0 bridgehead atoms. The molecule has 14 heavy (non-hydrogen) atoms. The summed E-state index contributed by atoms with van der Waals surface area (Å²) < 4.78 is 0. The highest BCUT2D eigenvalue weighted by molar-refractivity contribution is 6.35. The van der Waals surface area contributed by atoms with Crippen molar-refractivity contribution in [3.05, 3.63) is 40.5 Å². The monoisotopic (exact) mass is 231 g/mol. The summed E-state index contributed by atoms with van der Waals surface area (Å²) in [5, 5.41) is 12.0. The molecule has 0 heterocycles. The van der Waals surface area contributed by atoms with Crippen LogP contribution in [0.1, 0.15) is 0 Å². The van der Waals surface area contributed by atoms with Crippen LogP contribution in [0.2, 0.25) is 10.0 Å². The zero-order valence-corrected chi connectivity index (χ0v) is 8.51. The first-order valence-corrected chi connectivity index (χ1v) is 4.46. The zero-order chi connectivity index (χ0) is 10.6. The van der Waals surface area contributed by atoms with Crippen molar-refractivity contribution in [2.75, 3.05) is 5.32 Å². The molecule has 0 aliphatic rings. The van der Waals surface area contributed by atoms with Crippen molar-refractivity contribution in [1.29, 1.82) is 0 Å². The average Bonchev–Trinajstić information content (AvgIpc) is 2.10. The Hall–Kier alpha value is -1.19. The normalized spacial score (nSPS) is 10.4. The third-order valence-corrected chi connectivity index (χ3v) is 1.96. The molecule has 0 unspecified atom stereocenters. The van der Waals surface area contributed by atoms with Crippen molar-refractivity contribution in [2.24, 2.45) is 0 Å². The Balaban J connectivity index is 2.76. The van der Waals surface area contributed by atoms with Crippen LogP contribution in [0, 0.1) is 0 Å². The van der Waals surface area contributed by atoms with E-state index in [9.17, 15) is 4.79 Å². The third-order valence-electron chi connectivity index (χ3n) is 1.39. The SMILES string of the molecule is O=C(O)/C=C/Nc1cc(Cl)ccc1Cl. The minimum Gasteiger partial charge on any atom is -0.478 e. The second-order valence-corrected chi connectivity index (χ2v) is 3.28. The maximum atomic E-state index is 10.2. The van der Waals surface area contributed by atoms with Crippen LogP contribution >= 0.6 is 23.2 Å². The number of aliphatic carboxylic acids is 1. The number of nitrogens with one attached hydrogen (secondary N) is 1. The minimum absolute atomic E-state index is 0.476. The van der Waals surface area contributed by atoms with Gasteiger partial charge in [0.15, 0.2) is 0 Å². The van der Waals surface area contributed by atoms with E-state index in [0.29, 0.717) is 15.7 Å². The number of carbonyl (C=O) groups is 1. The first-order valence-electron chi connectivity index (χ1n) is 3.70. The Morgan fingerprint density at radius 3 is 2.79 bits per heavy atom. The molecular weight excluding hydrogens is 225 g/mol. The molecule has 1 aromatic rings. The van der Waals surface area contributed by atoms with Crippen LogP contribution < -0.4 is 5.32 Å². The molecule has 0 radical (unpaired) electrons. The van der Waals surface area contributed by atoms with Gasteiger partial charge < -0.3 is 10.4 Å². The van der Waals surface area contributed by atoms with Crippen LogP contribution in [0.25, 0.3) is 0 Å². The molecular formula is C9H7Cl2NO2. The lowest BCUT2D eigenvalue weighted by Crippen LogP contribution is -1.92. The molecule has 0 aliphatic carbocycles. The van der Waals surface area contributed by atoms with E-state index in [1.54, 1.807) is 18.2 Å². The van der Waals surface area contributed by atoms with Crippen LogP contribution in [-0.4, -0.2) is 11.1 Å². The molecule has 0 fully saturated rings. The number of benzene rings is 1. The predicted octanol–water partition coefficient (Wildman–Crippen LogP) is 3.00. The van der Waals surface area contributed by atoms with Crippen molar-refractivity contribution in [3.63, 3.8) is 0 Å². The van der Waals surface area contributed by atoms with E-state index in [2.05, 4.69) is 5.32 Å². The van der Waals surface area contributed by atoms with Crippen molar-refractivity contribution >= 4 is 34.9 Å². The molecule has 1 rings (SSSR count). The fraction of sp³-hybridized carbons (Fsp3) is 0. The Labute approximate surface area is 90.9 Å². The number of anilines is 1. The molecule has 0 amide bonds. The standard InChI is InChI=1S/C9H7Cl2NO2/c10-6-1-2-7(11)8(5-6)12-4-3-9(13)14/h1-5,12H,(H,13,14)/b4-3+. The molecule has 3 nitrogen and oxygen atoms in total. The van der Waals surface area contributed by atoms with Crippen LogP contribution in [-0.2, 0) is 4.79 Å². The zero-order valence-electron chi connectivity index (χ0n) is 7.00. The van der Waals surface area contributed by atoms with Gasteiger partial charge >= 0.3 is 5.97 Å². The van der Waals surface area contributed by atoms with Crippen LogP contribution in [0.5, 0.6) is 0 Å². The summed E-state index contributed by atoms with van der Waals surface area (Å²) in [7, 11) is 0. The Morgan fingerprint density at radius 2 is 2.14 bits per heavy atom. The summed E-state index contributed by atoms with van der Waals surface area (Å²) in [6, 6.07) is 4.88. The maximum absolute atomic E-state index is 10.2. The summed E-state index contributed by atoms with van der Waals surface area (Å²) in [4.78, 5) is 10.2. The highest BCUT2D eigenvalue weighted by atomic mass is 35.5. The fourth-order valence-electron chi connectivity index (χ4n) is 0.811. The summed E-state index contributed by atoms with van der Waals surface area (Å²) in [5.41, 5.74) is 0.566. The number of halogens is 2. The van der Waals surface area contributed by atoms with E-state index in [1.165, 1.54) is 6.20 Å². The smallest absolute Gasteiger partial charge is 0.329 e. The number of rotatable bonds is 3. The van der Waals surface area contributed by atoms with E-state index < -0.39 is 5.97 Å². The summed E-state index contributed by atoms with van der Waals surface area (Å²) in [6.07, 6.45) is 2.25. The first kappa shape index (κ1) is 10.9. The van der Waals surface area contributed by atoms with Gasteiger partial charge in [0.25, 0.3) is 0 Å². The molecule has 0 saturated heterocycles. The molecule has 5 heteroatoms. The summed E-state index contributed by atoms with van der Waals surface area (Å²) in [5.74, 6) is -1.03. The van der Waals surface area contributed by atoms with Gasteiger partial charge in [0.1, 0.15) is 0 Å². The lowest BCUT2D eigenvalue weighted by Gasteiger charge is -2.03. The van der Waals surface area contributed by atoms with Gasteiger partial charge in [-0.2, -0.15) is 0 Å². The number of carboxylic acid groups (broad SMARTS) is 1. The van der Waals surface area contributed by atoms with E-state index in [4.69, 9.17) is 28.3 Å². The largest absolute Gasteiger partial charge is 0.478 e. The lowest BCUT2D eigenvalue weighted by atomic mass is 10.3. The fourth-order valence-corrected chi connectivity index (χ4v) is 1.16. The molecule has 0 aliphatic heterocycles. The van der Waals surface area contributed by atoms with Crippen molar-refractivity contribution in [2.45, 2.75) is 0 Å². The van der Waals surface area contributed by atoms with E-state index in [-0.39, 0.29) is 0 Å². The second kappa shape index (κ2) is 4.88. The molecule has 0 spiro atoms. The van der Waals surface area contributed by atoms with Crippen molar-refractivity contribution in [1.82, 2.24) is 0 Å². The van der Waals surface area contributed by atoms with Gasteiger partial charge in [-0.3, -0.25) is 0 Å². The van der Waals surface area contributed by atoms with Gasteiger partial charge in [0.05, 0.1) is 10.7 Å². The average molecular weight is 232 g/mol. The van der Waals surface area contributed by atoms with E-state index in [0.717, 1.165) is 6.08 Å². The summed E-state index contributed by atoms with van der Waals surface area (Å²) >= 11 is 11.5. The van der Waals surface area contributed by atoms with Crippen molar-refractivity contribution < 1.29 is 9.90 Å². The molecule has 0 atom stereocenters. The topological polar surface area (TPSA) is 49.3 Å². The minimum atomic E-state index is -1.03. The van der Waals surface area contributed by atoms with Gasteiger partial charge in [-0.05, 0) is 18.2 Å². The summed E-state index contributed by atoms with van der Waals surface area (Å²) in [6.45, 7) is 0. The predicted molar refractivity (Wildman–Crippen MR) is 56.9 cm³/mol.